The molecule has 0 radical (unpaired) electrons. The SMILES string of the molecule is CCC1(C(Cc2ccc(Br)cc2)NC)CCCC1. The average Bonchev–Trinajstić information content (AvgIpc) is 2.88. The Morgan fingerprint density at radius 1 is 1.22 bits per heavy atom. The summed E-state index contributed by atoms with van der Waals surface area (Å²) < 4.78 is 1.17. The van der Waals surface area contributed by atoms with Crippen LogP contribution in [0.1, 0.15) is 44.6 Å². The van der Waals surface area contributed by atoms with Crippen LogP contribution in [-0.4, -0.2) is 13.1 Å². The lowest BCUT2D eigenvalue weighted by atomic mass is 9.74. The van der Waals surface area contributed by atoms with Crippen LogP contribution in [0.15, 0.2) is 28.7 Å². The molecule has 2 heteroatoms. The van der Waals surface area contributed by atoms with Crippen molar-refractivity contribution in [2.24, 2.45) is 5.41 Å². The summed E-state index contributed by atoms with van der Waals surface area (Å²) in [6.45, 7) is 2.36. The molecule has 1 saturated carbocycles. The Hall–Kier alpha value is -0.340. The molecule has 1 nitrogen and oxygen atoms in total. The van der Waals surface area contributed by atoms with Crippen LogP contribution in [0.3, 0.4) is 0 Å². The van der Waals surface area contributed by atoms with Crippen LogP contribution in [0, 0.1) is 5.41 Å². The van der Waals surface area contributed by atoms with Crippen molar-refractivity contribution in [2.75, 3.05) is 7.05 Å². The lowest BCUT2D eigenvalue weighted by Crippen LogP contribution is -2.43. The van der Waals surface area contributed by atoms with Crippen LogP contribution in [0.5, 0.6) is 0 Å². The number of nitrogens with one attached hydrogen (secondary N) is 1. The van der Waals surface area contributed by atoms with Crippen LogP contribution in [-0.2, 0) is 6.42 Å². The fraction of sp³-hybridized carbons (Fsp3) is 0.625. The Morgan fingerprint density at radius 2 is 1.83 bits per heavy atom. The van der Waals surface area contributed by atoms with Crippen LogP contribution in [0.4, 0.5) is 0 Å². The maximum Gasteiger partial charge on any atom is 0.0175 e. The molecule has 1 unspecified atom stereocenters. The summed E-state index contributed by atoms with van der Waals surface area (Å²) >= 11 is 3.50. The maximum atomic E-state index is 3.59. The first-order chi connectivity index (χ1) is 8.70. The zero-order valence-electron chi connectivity index (χ0n) is 11.5. The third-order valence-electron chi connectivity index (χ3n) is 4.74. The molecule has 100 valence electrons. The van der Waals surface area contributed by atoms with E-state index in [2.05, 4.69) is 59.5 Å². The molecule has 0 bridgehead atoms. The second-order valence-corrected chi connectivity index (χ2v) is 6.51. The van der Waals surface area contributed by atoms with Crippen molar-refractivity contribution in [2.45, 2.75) is 51.5 Å². The first-order valence-corrected chi connectivity index (χ1v) is 7.91. The van der Waals surface area contributed by atoms with Gasteiger partial charge in [0, 0.05) is 10.5 Å². The molecular weight excluding hydrogens is 286 g/mol. The molecule has 0 heterocycles. The van der Waals surface area contributed by atoms with Gasteiger partial charge in [-0.25, -0.2) is 0 Å². The molecule has 0 saturated heterocycles. The van der Waals surface area contributed by atoms with Gasteiger partial charge in [0.2, 0.25) is 0 Å². The molecule has 1 fully saturated rings. The van der Waals surface area contributed by atoms with Crippen molar-refractivity contribution >= 4 is 15.9 Å². The molecule has 1 aliphatic rings. The van der Waals surface area contributed by atoms with E-state index in [9.17, 15) is 0 Å². The Morgan fingerprint density at radius 3 is 2.33 bits per heavy atom. The molecule has 1 atom stereocenters. The quantitative estimate of drug-likeness (QED) is 0.841. The van der Waals surface area contributed by atoms with E-state index in [4.69, 9.17) is 0 Å². The first kappa shape index (κ1) is 14.1. The predicted molar refractivity (Wildman–Crippen MR) is 81.9 cm³/mol. The van der Waals surface area contributed by atoms with Crippen molar-refractivity contribution in [3.05, 3.63) is 34.3 Å². The summed E-state index contributed by atoms with van der Waals surface area (Å²) in [5.41, 5.74) is 1.97. The predicted octanol–water partition coefficient (Wildman–Crippen LogP) is 4.55. The lowest BCUT2D eigenvalue weighted by molar-refractivity contribution is 0.192. The number of hydrogen-bond acceptors (Lipinski definition) is 1. The number of rotatable bonds is 5. The molecule has 18 heavy (non-hydrogen) atoms. The average molecular weight is 310 g/mol. The van der Waals surface area contributed by atoms with Crippen molar-refractivity contribution in [3.63, 3.8) is 0 Å². The maximum absolute atomic E-state index is 3.59. The number of benzene rings is 1. The highest BCUT2D eigenvalue weighted by Crippen LogP contribution is 2.44. The molecule has 0 aliphatic heterocycles. The molecule has 0 spiro atoms. The zero-order valence-corrected chi connectivity index (χ0v) is 13.1. The largest absolute Gasteiger partial charge is 0.316 e. The molecule has 0 aromatic heterocycles. The molecule has 0 amide bonds. The van der Waals surface area contributed by atoms with Gasteiger partial charge in [-0.15, -0.1) is 0 Å². The zero-order chi connectivity index (χ0) is 13.0. The van der Waals surface area contributed by atoms with Gasteiger partial charge in [-0.2, -0.15) is 0 Å². The van der Waals surface area contributed by atoms with Gasteiger partial charge in [-0.1, -0.05) is 47.8 Å². The Labute approximate surface area is 119 Å². The molecule has 1 aliphatic carbocycles. The van der Waals surface area contributed by atoms with E-state index in [1.165, 1.54) is 42.1 Å². The highest BCUT2D eigenvalue weighted by Gasteiger charge is 2.38. The molecule has 1 aromatic carbocycles. The lowest BCUT2D eigenvalue weighted by Gasteiger charge is -2.37. The summed E-state index contributed by atoms with van der Waals surface area (Å²) in [4.78, 5) is 0. The third-order valence-corrected chi connectivity index (χ3v) is 5.27. The van der Waals surface area contributed by atoms with Crippen LogP contribution in [0.2, 0.25) is 0 Å². The van der Waals surface area contributed by atoms with E-state index in [1.54, 1.807) is 0 Å². The number of likely N-dealkylation sites (N-methyl/N-ethyl adjacent to an activating group) is 1. The Kier molecular flexibility index (Phi) is 4.85. The Bertz CT molecular complexity index is 365. The van der Waals surface area contributed by atoms with Crippen LogP contribution >= 0.6 is 15.9 Å². The minimum Gasteiger partial charge on any atom is -0.316 e. The summed E-state index contributed by atoms with van der Waals surface area (Å²) in [5.74, 6) is 0. The van der Waals surface area contributed by atoms with E-state index >= 15 is 0 Å². The number of halogens is 1. The van der Waals surface area contributed by atoms with E-state index < -0.39 is 0 Å². The summed E-state index contributed by atoms with van der Waals surface area (Å²) in [7, 11) is 2.12. The molecule has 1 N–H and O–H groups in total. The standard InChI is InChI=1S/C16H24BrN/c1-3-16(10-4-5-11-16)15(18-2)12-13-6-8-14(17)9-7-13/h6-9,15,18H,3-5,10-12H2,1-2H3. The highest BCUT2D eigenvalue weighted by molar-refractivity contribution is 9.10. The first-order valence-electron chi connectivity index (χ1n) is 7.12. The van der Waals surface area contributed by atoms with Gasteiger partial charge in [0.1, 0.15) is 0 Å². The second-order valence-electron chi connectivity index (χ2n) is 5.59. The van der Waals surface area contributed by atoms with Crippen molar-refractivity contribution in [1.29, 1.82) is 0 Å². The molecule has 2 rings (SSSR count). The number of hydrogen-bond donors (Lipinski definition) is 1. The summed E-state index contributed by atoms with van der Waals surface area (Å²) in [6, 6.07) is 9.40. The summed E-state index contributed by atoms with van der Waals surface area (Å²) in [5, 5.41) is 3.59. The smallest absolute Gasteiger partial charge is 0.0175 e. The van der Waals surface area contributed by atoms with Gasteiger partial charge in [0.15, 0.2) is 0 Å². The topological polar surface area (TPSA) is 12.0 Å². The molecule has 1 aromatic rings. The normalized spacial score (nSPS) is 19.9. The van der Waals surface area contributed by atoms with Gasteiger partial charge in [0.05, 0.1) is 0 Å². The van der Waals surface area contributed by atoms with E-state index in [1.807, 2.05) is 0 Å². The van der Waals surface area contributed by atoms with Crippen molar-refractivity contribution < 1.29 is 0 Å². The third kappa shape index (κ3) is 2.97. The van der Waals surface area contributed by atoms with E-state index in [0.29, 0.717) is 11.5 Å². The molecular formula is C16H24BrN. The van der Waals surface area contributed by atoms with Gasteiger partial charge < -0.3 is 5.32 Å². The fourth-order valence-corrected chi connectivity index (χ4v) is 3.77. The minimum atomic E-state index is 0.530. The van der Waals surface area contributed by atoms with Gasteiger partial charge in [0.25, 0.3) is 0 Å². The van der Waals surface area contributed by atoms with Gasteiger partial charge >= 0.3 is 0 Å². The monoisotopic (exact) mass is 309 g/mol. The van der Waals surface area contributed by atoms with Crippen molar-refractivity contribution in [1.82, 2.24) is 5.32 Å². The Balaban J connectivity index is 2.11. The van der Waals surface area contributed by atoms with E-state index in [0.717, 1.165) is 6.42 Å². The second kappa shape index (κ2) is 6.21. The van der Waals surface area contributed by atoms with Crippen LogP contribution in [0.25, 0.3) is 0 Å². The van der Waals surface area contributed by atoms with Gasteiger partial charge in [-0.3, -0.25) is 0 Å². The van der Waals surface area contributed by atoms with Crippen molar-refractivity contribution in [3.8, 4) is 0 Å². The highest BCUT2D eigenvalue weighted by atomic mass is 79.9. The van der Waals surface area contributed by atoms with Gasteiger partial charge in [-0.05, 0) is 55.8 Å². The van der Waals surface area contributed by atoms with E-state index in [-0.39, 0.29) is 0 Å². The fourth-order valence-electron chi connectivity index (χ4n) is 3.51. The summed E-state index contributed by atoms with van der Waals surface area (Å²) in [6.07, 6.45) is 8.06. The minimum absolute atomic E-state index is 0.530. The van der Waals surface area contributed by atoms with Crippen LogP contribution < -0.4 is 5.32 Å².